The molecule has 0 radical (unpaired) electrons. The van der Waals surface area contributed by atoms with Crippen LogP contribution in [0.25, 0.3) is 0 Å². The third kappa shape index (κ3) is 3.87. The first-order chi connectivity index (χ1) is 9.10. The Bertz CT molecular complexity index is 489. The molecule has 4 nitrogen and oxygen atoms in total. The van der Waals surface area contributed by atoms with Crippen molar-refractivity contribution in [2.24, 2.45) is 0 Å². The van der Waals surface area contributed by atoms with Gasteiger partial charge in [-0.2, -0.15) is 0 Å². The van der Waals surface area contributed by atoms with E-state index in [1.807, 2.05) is 6.92 Å². The molecule has 1 saturated heterocycles. The van der Waals surface area contributed by atoms with E-state index in [0.717, 1.165) is 40.4 Å². The molecular weight excluding hydrogens is 280 g/mol. The molecule has 0 aliphatic carbocycles. The zero-order valence-corrected chi connectivity index (χ0v) is 13.0. The molecule has 0 bridgehead atoms. The Balaban J connectivity index is 1.92. The Labute approximate surface area is 122 Å². The minimum Gasteiger partial charge on any atom is -0.376 e. The number of aryl methyl sites for hydroxylation is 1. The highest BCUT2D eigenvalue weighted by Crippen LogP contribution is 2.19. The van der Waals surface area contributed by atoms with Crippen LogP contribution in [0, 0.1) is 10.9 Å². The van der Waals surface area contributed by atoms with Gasteiger partial charge in [0.1, 0.15) is 0 Å². The van der Waals surface area contributed by atoms with Crippen LogP contribution in [0.4, 0.5) is 0 Å². The first-order valence-corrected chi connectivity index (χ1v) is 7.92. The molecule has 2 rings (SSSR count). The van der Waals surface area contributed by atoms with Crippen LogP contribution >= 0.6 is 23.6 Å². The summed E-state index contributed by atoms with van der Waals surface area (Å²) in [5.74, 6) is 0.0516. The first kappa shape index (κ1) is 14.7. The molecule has 1 aromatic rings. The number of thiazole rings is 1. The highest BCUT2D eigenvalue weighted by atomic mass is 32.1. The van der Waals surface area contributed by atoms with E-state index in [0.29, 0.717) is 6.42 Å². The van der Waals surface area contributed by atoms with Gasteiger partial charge in [-0.3, -0.25) is 4.79 Å². The number of aromatic nitrogens is 1. The van der Waals surface area contributed by atoms with Gasteiger partial charge in [0.25, 0.3) is 0 Å². The van der Waals surface area contributed by atoms with Crippen LogP contribution in [0.1, 0.15) is 36.8 Å². The van der Waals surface area contributed by atoms with Crippen molar-refractivity contribution in [1.82, 2.24) is 10.3 Å². The van der Waals surface area contributed by atoms with Crippen LogP contribution in [0.3, 0.4) is 0 Å². The number of carbonyl (C=O) groups excluding carboxylic acids is 1. The van der Waals surface area contributed by atoms with Gasteiger partial charge in [0, 0.05) is 17.2 Å². The predicted octanol–water partition coefficient (Wildman–Crippen LogP) is 2.73. The lowest BCUT2D eigenvalue weighted by Crippen LogP contribution is -2.43. The highest BCUT2D eigenvalue weighted by molar-refractivity contribution is 7.73. The van der Waals surface area contributed by atoms with E-state index < -0.39 is 0 Å². The van der Waals surface area contributed by atoms with E-state index in [1.165, 1.54) is 11.3 Å². The lowest BCUT2D eigenvalue weighted by atomic mass is 10.1. The lowest BCUT2D eigenvalue weighted by molar-refractivity contribution is -0.122. The predicted molar refractivity (Wildman–Crippen MR) is 79.1 cm³/mol. The normalized spacial score (nSPS) is 20.4. The molecule has 2 atom stereocenters. The first-order valence-electron chi connectivity index (χ1n) is 6.69. The number of nitrogens with one attached hydrogen (secondary N) is 2. The highest BCUT2D eigenvalue weighted by Gasteiger charge is 2.26. The third-order valence-corrected chi connectivity index (χ3v) is 4.78. The van der Waals surface area contributed by atoms with E-state index >= 15 is 0 Å². The zero-order valence-electron chi connectivity index (χ0n) is 11.3. The molecule has 0 aromatic carbocycles. The third-order valence-electron chi connectivity index (χ3n) is 3.44. The Kier molecular flexibility index (Phi) is 5.13. The Morgan fingerprint density at radius 2 is 2.47 bits per heavy atom. The number of carbonyl (C=O) groups is 1. The number of rotatable bonds is 5. The lowest BCUT2D eigenvalue weighted by Gasteiger charge is -2.22. The second-order valence-corrected chi connectivity index (χ2v) is 6.65. The second-order valence-electron chi connectivity index (χ2n) is 4.87. The standard InChI is InChI=1S/C13H20N2O2S2/c1-3-9(10-5-4-6-17-10)15-12(16)7-11-8(2)14-13(18)19-11/h9-10H,3-7H2,1-2H3,(H,14,18)(H,15,16)/t9-,10+/m0/s1. The van der Waals surface area contributed by atoms with Gasteiger partial charge in [0.15, 0.2) is 3.95 Å². The number of hydrogen-bond donors (Lipinski definition) is 2. The summed E-state index contributed by atoms with van der Waals surface area (Å²) in [5.41, 5.74) is 0.996. The van der Waals surface area contributed by atoms with Crippen molar-refractivity contribution < 1.29 is 9.53 Å². The molecule has 1 aromatic heterocycles. The number of amides is 1. The van der Waals surface area contributed by atoms with Crippen molar-refractivity contribution in [1.29, 1.82) is 0 Å². The van der Waals surface area contributed by atoms with Gasteiger partial charge in [-0.05, 0) is 38.4 Å². The maximum Gasteiger partial charge on any atom is 0.225 e. The number of H-pyrrole nitrogens is 1. The monoisotopic (exact) mass is 300 g/mol. The van der Waals surface area contributed by atoms with Crippen molar-refractivity contribution >= 4 is 29.5 Å². The van der Waals surface area contributed by atoms with Gasteiger partial charge in [0.05, 0.1) is 18.6 Å². The summed E-state index contributed by atoms with van der Waals surface area (Å²) in [6, 6.07) is 0.127. The van der Waals surface area contributed by atoms with Gasteiger partial charge in [-0.25, -0.2) is 0 Å². The SMILES string of the molecule is CC[C@H](NC(=O)Cc1sc(=S)[nH]c1C)[C@H]1CCCO1. The molecule has 1 amide bonds. The Hall–Kier alpha value is -0.720. The fourth-order valence-corrected chi connectivity index (χ4v) is 3.68. The van der Waals surface area contributed by atoms with Gasteiger partial charge in [-0.1, -0.05) is 6.92 Å². The number of aromatic amines is 1. The summed E-state index contributed by atoms with van der Waals surface area (Å²) in [6.45, 7) is 4.85. The fourth-order valence-electron chi connectivity index (χ4n) is 2.39. The minimum absolute atomic E-state index is 0.0516. The average molecular weight is 300 g/mol. The Morgan fingerprint density at radius 3 is 3.00 bits per heavy atom. The quantitative estimate of drug-likeness (QED) is 0.822. The summed E-state index contributed by atoms with van der Waals surface area (Å²) < 4.78 is 6.38. The van der Waals surface area contributed by atoms with Crippen LogP contribution in [-0.4, -0.2) is 29.6 Å². The summed E-state index contributed by atoms with van der Waals surface area (Å²) in [6.07, 6.45) is 3.61. The van der Waals surface area contributed by atoms with Crippen molar-refractivity contribution in [2.45, 2.75) is 51.7 Å². The van der Waals surface area contributed by atoms with Crippen molar-refractivity contribution in [3.63, 3.8) is 0 Å². The maximum atomic E-state index is 12.1. The molecule has 0 saturated carbocycles. The van der Waals surface area contributed by atoms with Crippen LogP contribution in [0.15, 0.2) is 0 Å². The van der Waals surface area contributed by atoms with Crippen molar-refractivity contribution in [3.8, 4) is 0 Å². The van der Waals surface area contributed by atoms with E-state index in [9.17, 15) is 4.79 Å². The van der Waals surface area contributed by atoms with Gasteiger partial charge < -0.3 is 15.0 Å². The number of ether oxygens (including phenoxy) is 1. The fraction of sp³-hybridized carbons (Fsp3) is 0.692. The van der Waals surface area contributed by atoms with Gasteiger partial charge >= 0.3 is 0 Å². The summed E-state index contributed by atoms with van der Waals surface area (Å²) in [5, 5.41) is 3.09. The molecule has 0 unspecified atom stereocenters. The molecular formula is C13H20N2O2S2. The maximum absolute atomic E-state index is 12.1. The molecule has 106 valence electrons. The minimum atomic E-state index is 0.0516. The molecule has 0 spiro atoms. The second kappa shape index (κ2) is 6.63. The van der Waals surface area contributed by atoms with E-state index in [2.05, 4.69) is 17.2 Å². The molecule has 6 heteroatoms. The van der Waals surface area contributed by atoms with E-state index in [1.54, 1.807) is 0 Å². The van der Waals surface area contributed by atoms with Gasteiger partial charge in [0.2, 0.25) is 5.91 Å². The van der Waals surface area contributed by atoms with Crippen LogP contribution in [0.2, 0.25) is 0 Å². The number of hydrogen-bond acceptors (Lipinski definition) is 4. The van der Waals surface area contributed by atoms with Crippen molar-refractivity contribution in [2.75, 3.05) is 6.61 Å². The van der Waals surface area contributed by atoms with Crippen LogP contribution < -0.4 is 5.32 Å². The summed E-state index contributed by atoms with van der Waals surface area (Å²) in [4.78, 5) is 16.2. The molecule has 2 heterocycles. The molecule has 1 aliphatic rings. The van der Waals surface area contributed by atoms with Crippen LogP contribution in [-0.2, 0) is 16.0 Å². The van der Waals surface area contributed by atoms with Crippen LogP contribution in [0.5, 0.6) is 0 Å². The smallest absolute Gasteiger partial charge is 0.225 e. The van der Waals surface area contributed by atoms with Gasteiger partial charge in [-0.15, -0.1) is 11.3 Å². The molecule has 1 fully saturated rings. The average Bonchev–Trinajstić information content (AvgIpc) is 2.97. The largest absolute Gasteiger partial charge is 0.376 e. The summed E-state index contributed by atoms with van der Waals surface area (Å²) >= 11 is 6.56. The molecule has 2 N–H and O–H groups in total. The topological polar surface area (TPSA) is 54.1 Å². The van der Waals surface area contributed by atoms with Crippen molar-refractivity contribution in [3.05, 3.63) is 14.5 Å². The molecule has 19 heavy (non-hydrogen) atoms. The molecule has 1 aliphatic heterocycles. The zero-order chi connectivity index (χ0) is 13.8. The summed E-state index contributed by atoms with van der Waals surface area (Å²) in [7, 11) is 0. The Morgan fingerprint density at radius 1 is 1.68 bits per heavy atom. The van der Waals surface area contributed by atoms with E-state index in [-0.39, 0.29) is 18.1 Å². The van der Waals surface area contributed by atoms with E-state index in [4.69, 9.17) is 17.0 Å².